The first-order chi connectivity index (χ1) is 6.83. The van der Waals surface area contributed by atoms with Crippen LogP contribution < -0.4 is 5.32 Å². The van der Waals surface area contributed by atoms with Crippen molar-refractivity contribution in [1.82, 2.24) is 0 Å². The van der Waals surface area contributed by atoms with E-state index >= 15 is 0 Å². The van der Waals surface area contributed by atoms with Crippen molar-refractivity contribution in [3.8, 4) is 0 Å². The number of aliphatic hydroxyl groups excluding tert-OH is 1. The highest BCUT2D eigenvalue weighted by molar-refractivity contribution is 5.45. The highest BCUT2D eigenvalue weighted by atomic mass is 16.5. The molecule has 0 aliphatic heterocycles. The van der Waals surface area contributed by atoms with Gasteiger partial charge in [0.1, 0.15) is 0 Å². The minimum atomic E-state index is 0.0877. The van der Waals surface area contributed by atoms with Gasteiger partial charge in [-0.2, -0.15) is 0 Å². The third kappa shape index (κ3) is 4.25. The number of benzene rings is 1. The monoisotopic (exact) mass is 195 g/mol. The summed E-state index contributed by atoms with van der Waals surface area (Å²) in [5.74, 6) is 0. The molecule has 0 aliphatic carbocycles. The van der Waals surface area contributed by atoms with Gasteiger partial charge in [0.05, 0.1) is 19.8 Å². The molecular weight excluding hydrogens is 178 g/mol. The Bertz CT molecular complexity index is 263. The average Bonchev–Trinajstić information content (AvgIpc) is 2.18. The van der Waals surface area contributed by atoms with E-state index in [9.17, 15) is 0 Å². The lowest BCUT2D eigenvalue weighted by molar-refractivity contribution is 0.0992. The van der Waals surface area contributed by atoms with E-state index in [1.807, 2.05) is 12.1 Å². The molecule has 0 radical (unpaired) electrons. The summed E-state index contributed by atoms with van der Waals surface area (Å²) in [5.41, 5.74) is 2.35. The summed E-state index contributed by atoms with van der Waals surface area (Å²) in [7, 11) is 0. The molecule has 1 aromatic carbocycles. The van der Waals surface area contributed by atoms with E-state index < -0.39 is 0 Å². The molecule has 1 aromatic rings. The summed E-state index contributed by atoms with van der Waals surface area (Å²) >= 11 is 0. The van der Waals surface area contributed by atoms with Gasteiger partial charge in [-0.05, 0) is 24.6 Å². The minimum absolute atomic E-state index is 0.0877. The van der Waals surface area contributed by atoms with Crippen LogP contribution >= 0.6 is 0 Å². The second kappa shape index (κ2) is 6.40. The zero-order valence-electron chi connectivity index (χ0n) is 8.49. The van der Waals surface area contributed by atoms with Gasteiger partial charge in [0.15, 0.2) is 0 Å². The average molecular weight is 195 g/mol. The van der Waals surface area contributed by atoms with E-state index in [4.69, 9.17) is 9.84 Å². The number of hydrogen-bond acceptors (Lipinski definition) is 3. The molecule has 0 aromatic heterocycles. The van der Waals surface area contributed by atoms with Crippen LogP contribution in [0.5, 0.6) is 0 Å². The molecule has 0 fully saturated rings. The van der Waals surface area contributed by atoms with Gasteiger partial charge >= 0.3 is 0 Å². The summed E-state index contributed by atoms with van der Waals surface area (Å²) in [4.78, 5) is 0. The number of ether oxygens (including phenoxy) is 1. The third-order valence-electron chi connectivity index (χ3n) is 1.83. The maximum atomic E-state index is 8.47. The van der Waals surface area contributed by atoms with Crippen molar-refractivity contribution in [3.05, 3.63) is 29.8 Å². The Morgan fingerprint density at radius 2 is 2.21 bits per heavy atom. The first-order valence-electron chi connectivity index (χ1n) is 4.82. The molecule has 78 valence electrons. The normalized spacial score (nSPS) is 10.1. The van der Waals surface area contributed by atoms with Crippen molar-refractivity contribution < 1.29 is 9.84 Å². The number of nitrogens with one attached hydrogen (secondary N) is 1. The van der Waals surface area contributed by atoms with Crippen molar-refractivity contribution >= 4 is 5.69 Å². The van der Waals surface area contributed by atoms with E-state index in [1.54, 1.807) is 0 Å². The van der Waals surface area contributed by atoms with Crippen LogP contribution in [-0.2, 0) is 4.74 Å². The third-order valence-corrected chi connectivity index (χ3v) is 1.83. The fraction of sp³-hybridized carbons (Fsp3) is 0.455. The summed E-state index contributed by atoms with van der Waals surface area (Å²) in [6.45, 7) is 3.95. The van der Waals surface area contributed by atoms with Crippen molar-refractivity contribution in [2.45, 2.75) is 6.92 Å². The van der Waals surface area contributed by atoms with E-state index in [-0.39, 0.29) is 6.61 Å². The molecular formula is C11H17NO2. The Morgan fingerprint density at radius 3 is 2.93 bits per heavy atom. The largest absolute Gasteiger partial charge is 0.394 e. The maximum absolute atomic E-state index is 8.47. The Kier molecular flexibility index (Phi) is 5.04. The second-order valence-electron chi connectivity index (χ2n) is 3.13. The Morgan fingerprint density at radius 1 is 1.36 bits per heavy atom. The first kappa shape index (κ1) is 11.0. The van der Waals surface area contributed by atoms with Crippen LogP contribution in [0.3, 0.4) is 0 Å². The summed E-state index contributed by atoms with van der Waals surface area (Å²) in [5, 5.41) is 11.7. The number of anilines is 1. The molecule has 0 heterocycles. The van der Waals surface area contributed by atoms with Crippen LogP contribution in [0.25, 0.3) is 0 Å². The van der Waals surface area contributed by atoms with Crippen LogP contribution in [0.2, 0.25) is 0 Å². The number of hydrogen-bond donors (Lipinski definition) is 2. The van der Waals surface area contributed by atoms with Gasteiger partial charge in [0, 0.05) is 12.2 Å². The Hall–Kier alpha value is -1.06. The Balaban J connectivity index is 2.18. The van der Waals surface area contributed by atoms with Crippen molar-refractivity contribution in [3.63, 3.8) is 0 Å². The molecule has 0 saturated heterocycles. The summed E-state index contributed by atoms with van der Waals surface area (Å²) in [6, 6.07) is 8.20. The van der Waals surface area contributed by atoms with Gasteiger partial charge in [-0.15, -0.1) is 0 Å². The number of aryl methyl sites for hydroxylation is 1. The van der Waals surface area contributed by atoms with E-state index in [1.165, 1.54) is 5.56 Å². The SMILES string of the molecule is Cc1cccc(NCCOCCO)c1. The molecule has 14 heavy (non-hydrogen) atoms. The molecule has 0 amide bonds. The smallest absolute Gasteiger partial charge is 0.0698 e. The lowest BCUT2D eigenvalue weighted by Gasteiger charge is -2.07. The highest BCUT2D eigenvalue weighted by Gasteiger charge is 1.91. The molecule has 0 atom stereocenters. The zero-order valence-corrected chi connectivity index (χ0v) is 8.49. The van der Waals surface area contributed by atoms with Crippen molar-refractivity contribution in [1.29, 1.82) is 0 Å². The molecule has 0 spiro atoms. The van der Waals surface area contributed by atoms with Crippen LogP contribution in [0, 0.1) is 6.92 Å². The van der Waals surface area contributed by atoms with Gasteiger partial charge in [0.25, 0.3) is 0 Å². The summed E-state index contributed by atoms with van der Waals surface area (Å²) in [6.07, 6.45) is 0. The first-order valence-corrected chi connectivity index (χ1v) is 4.82. The fourth-order valence-electron chi connectivity index (χ4n) is 1.19. The molecule has 1 rings (SSSR count). The number of rotatable bonds is 6. The molecule has 0 unspecified atom stereocenters. The molecule has 2 N–H and O–H groups in total. The minimum Gasteiger partial charge on any atom is -0.394 e. The molecule has 3 nitrogen and oxygen atoms in total. The molecule has 3 heteroatoms. The van der Waals surface area contributed by atoms with E-state index in [0.29, 0.717) is 13.2 Å². The van der Waals surface area contributed by atoms with Crippen LogP contribution in [-0.4, -0.2) is 31.5 Å². The van der Waals surface area contributed by atoms with Crippen LogP contribution in [0.15, 0.2) is 24.3 Å². The fourth-order valence-corrected chi connectivity index (χ4v) is 1.19. The predicted octanol–water partition coefficient (Wildman–Crippen LogP) is 1.42. The summed E-state index contributed by atoms with van der Waals surface area (Å²) < 4.78 is 5.12. The lowest BCUT2D eigenvalue weighted by atomic mass is 10.2. The number of aliphatic hydroxyl groups is 1. The molecule has 0 aliphatic rings. The quantitative estimate of drug-likeness (QED) is 0.674. The predicted molar refractivity (Wildman–Crippen MR) is 57.6 cm³/mol. The maximum Gasteiger partial charge on any atom is 0.0698 e. The van der Waals surface area contributed by atoms with Gasteiger partial charge in [0.2, 0.25) is 0 Å². The van der Waals surface area contributed by atoms with Crippen LogP contribution in [0.4, 0.5) is 5.69 Å². The van der Waals surface area contributed by atoms with Gasteiger partial charge < -0.3 is 15.2 Å². The zero-order chi connectivity index (χ0) is 10.2. The Labute approximate surface area is 84.7 Å². The van der Waals surface area contributed by atoms with Gasteiger partial charge in [-0.1, -0.05) is 12.1 Å². The van der Waals surface area contributed by atoms with Crippen LogP contribution in [0.1, 0.15) is 5.56 Å². The second-order valence-corrected chi connectivity index (χ2v) is 3.13. The van der Waals surface area contributed by atoms with E-state index in [2.05, 4.69) is 24.4 Å². The van der Waals surface area contributed by atoms with Gasteiger partial charge in [-0.25, -0.2) is 0 Å². The highest BCUT2D eigenvalue weighted by Crippen LogP contribution is 2.08. The van der Waals surface area contributed by atoms with E-state index in [0.717, 1.165) is 12.2 Å². The molecule has 0 saturated carbocycles. The standard InChI is InChI=1S/C11H17NO2/c1-10-3-2-4-11(9-10)12-5-7-14-8-6-13/h2-4,9,12-13H,5-8H2,1H3. The topological polar surface area (TPSA) is 41.5 Å². The molecule has 0 bridgehead atoms. The lowest BCUT2D eigenvalue weighted by Crippen LogP contribution is -2.11. The van der Waals surface area contributed by atoms with Crippen molar-refractivity contribution in [2.75, 3.05) is 31.7 Å². The van der Waals surface area contributed by atoms with Crippen molar-refractivity contribution in [2.24, 2.45) is 0 Å². The van der Waals surface area contributed by atoms with Gasteiger partial charge in [-0.3, -0.25) is 0 Å².